The van der Waals surface area contributed by atoms with Crippen molar-refractivity contribution in [1.82, 2.24) is 0 Å². The summed E-state index contributed by atoms with van der Waals surface area (Å²) in [5, 5.41) is 0. The van der Waals surface area contributed by atoms with E-state index in [0.717, 1.165) is 5.75 Å². The van der Waals surface area contributed by atoms with Gasteiger partial charge in [-0.05, 0) is 36.8 Å². The van der Waals surface area contributed by atoms with Crippen LogP contribution in [0.5, 0.6) is 5.75 Å². The van der Waals surface area contributed by atoms with Crippen molar-refractivity contribution in [3.63, 3.8) is 0 Å². The first-order valence-corrected chi connectivity index (χ1v) is 4.75. The number of aliphatic imine (C=N–C) groups is 1. The van der Waals surface area contributed by atoms with Crippen LogP contribution in [0.2, 0.25) is 0 Å². The molecule has 0 unspecified atom stereocenters. The number of rotatable bonds is 4. The molecule has 0 amide bonds. The standard InChI is InChI=1S/C13H15NO/c1-4-12(8-9-14-3)15-13-7-5-6-11(2)10-13/h4-10H,1H2,2-3H3/b12-8+,14-9?. The van der Waals surface area contributed by atoms with Crippen molar-refractivity contribution < 1.29 is 4.74 Å². The number of ether oxygens (including phenoxy) is 1. The minimum atomic E-state index is 0.686. The van der Waals surface area contributed by atoms with Crippen LogP contribution in [0.25, 0.3) is 0 Å². The van der Waals surface area contributed by atoms with E-state index in [4.69, 9.17) is 4.74 Å². The first kappa shape index (κ1) is 11.2. The lowest BCUT2D eigenvalue weighted by molar-refractivity contribution is 0.445. The lowest BCUT2D eigenvalue weighted by Crippen LogP contribution is -1.92. The smallest absolute Gasteiger partial charge is 0.128 e. The lowest BCUT2D eigenvalue weighted by Gasteiger charge is -2.05. The van der Waals surface area contributed by atoms with Gasteiger partial charge in [0.25, 0.3) is 0 Å². The van der Waals surface area contributed by atoms with Crippen molar-refractivity contribution in [2.75, 3.05) is 7.05 Å². The Morgan fingerprint density at radius 2 is 2.27 bits per heavy atom. The number of allylic oxidation sites excluding steroid dienone is 2. The molecule has 0 aliphatic carbocycles. The summed E-state index contributed by atoms with van der Waals surface area (Å²) in [5.74, 6) is 1.50. The second-order valence-electron chi connectivity index (χ2n) is 3.10. The molecule has 2 heteroatoms. The maximum absolute atomic E-state index is 5.60. The van der Waals surface area contributed by atoms with E-state index < -0.39 is 0 Å². The molecule has 0 saturated carbocycles. The van der Waals surface area contributed by atoms with Crippen LogP contribution in [0.4, 0.5) is 0 Å². The van der Waals surface area contributed by atoms with E-state index in [0.29, 0.717) is 5.76 Å². The maximum atomic E-state index is 5.60. The molecule has 0 fully saturated rings. The van der Waals surface area contributed by atoms with Crippen molar-refractivity contribution in [2.45, 2.75) is 6.92 Å². The number of hydrogen-bond acceptors (Lipinski definition) is 2. The predicted molar refractivity (Wildman–Crippen MR) is 64.5 cm³/mol. The molecule has 1 rings (SSSR count). The number of hydrogen-bond donors (Lipinski definition) is 0. The van der Waals surface area contributed by atoms with E-state index >= 15 is 0 Å². The summed E-state index contributed by atoms with van der Waals surface area (Å²) in [6, 6.07) is 7.87. The summed E-state index contributed by atoms with van der Waals surface area (Å²) in [4.78, 5) is 3.85. The van der Waals surface area contributed by atoms with E-state index in [2.05, 4.69) is 11.6 Å². The maximum Gasteiger partial charge on any atom is 0.128 e. The monoisotopic (exact) mass is 201 g/mol. The van der Waals surface area contributed by atoms with Gasteiger partial charge in [-0.3, -0.25) is 4.99 Å². The Balaban J connectivity index is 2.79. The van der Waals surface area contributed by atoms with Crippen LogP contribution >= 0.6 is 0 Å². The topological polar surface area (TPSA) is 21.6 Å². The Labute approximate surface area is 90.6 Å². The van der Waals surface area contributed by atoms with Gasteiger partial charge < -0.3 is 4.74 Å². The highest BCUT2D eigenvalue weighted by molar-refractivity contribution is 5.72. The highest BCUT2D eigenvalue weighted by atomic mass is 16.5. The highest BCUT2D eigenvalue weighted by Crippen LogP contribution is 2.15. The third-order valence-electron chi connectivity index (χ3n) is 1.81. The quantitative estimate of drug-likeness (QED) is 0.416. The first-order chi connectivity index (χ1) is 7.26. The zero-order valence-electron chi connectivity index (χ0n) is 9.10. The fraction of sp³-hybridized carbons (Fsp3) is 0.154. The summed E-state index contributed by atoms with van der Waals surface area (Å²) in [6.07, 6.45) is 5.10. The molecule has 0 N–H and O–H groups in total. The summed E-state index contributed by atoms with van der Waals surface area (Å²) in [6.45, 7) is 5.70. The fourth-order valence-electron chi connectivity index (χ4n) is 1.11. The van der Waals surface area contributed by atoms with Crippen LogP contribution in [0.1, 0.15) is 5.56 Å². The first-order valence-electron chi connectivity index (χ1n) is 4.75. The predicted octanol–water partition coefficient (Wildman–Crippen LogP) is 3.14. The van der Waals surface area contributed by atoms with Crippen LogP contribution in [0.15, 0.2) is 53.7 Å². The summed E-state index contributed by atoms with van der Waals surface area (Å²) < 4.78 is 5.60. The number of benzene rings is 1. The Morgan fingerprint density at radius 3 is 2.87 bits per heavy atom. The molecule has 78 valence electrons. The Kier molecular flexibility index (Phi) is 4.35. The van der Waals surface area contributed by atoms with Crippen LogP contribution in [-0.2, 0) is 0 Å². The molecule has 1 aromatic carbocycles. The van der Waals surface area contributed by atoms with E-state index in [-0.39, 0.29) is 0 Å². The largest absolute Gasteiger partial charge is 0.457 e. The highest BCUT2D eigenvalue weighted by Gasteiger charge is 1.95. The SMILES string of the molecule is C=C/C(=C\C=NC)Oc1cccc(C)c1. The van der Waals surface area contributed by atoms with Gasteiger partial charge >= 0.3 is 0 Å². The van der Waals surface area contributed by atoms with Crippen molar-refractivity contribution >= 4 is 6.21 Å². The van der Waals surface area contributed by atoms with Gasteiger partial charge in [-0.1, -0.05) is 18.7 Å². The summed E-state index contributed by atoms with van der Waals surface area (Å²) in [7, 11) is 1.71. The summed E-state index contributed by atoms with van der Waals surface area (Å²) in [5.41, 5.74) is 1.17. The van der Waals surface area contributed by atoms with E-state index in [1.54, 1.807) is 25.4 Å². The van der Waals surface area contributed by atoms with Crippen LogP contribution < -0.4 is 4.74 Å². The van der Waals surface area contributed by atoms with Crippen molar-refractivity contribution in [3.8, 4) is 5.75 Å². The molecule has 1 aromatic rings. The third kappa shape index (κ3) is 3.81. The lowest BCUT2D eigenvalue weighted by atomic mass is 10.2. The molecule has 0 aromatic heterocycles. The Hall–Kier alpha value is -1.83. The van der Waals surface area contributed by atoms with Gasteiger partial charge in [-0.2, -0.15) is 0 Å². The second kappa shape index (κ2) is 5.81. The minimum absolute atomic E-state index is 0.686. The molecule has 15 heavy (non-hydrogen) atoms. The van der Waals surface area contributed by atoms with Crippen molar-refractivity contribution in [3.05, 3.63) is 54.3 Å². The zero-order chi connectivity index (χ0) is 11.1. The van der Waals surface area contributed by atoms with Crippen molar-refractivity contribution in [2.24, 2.45) is 4.99 Å². The minimum Gasteiger partial charge on any atom is -0.457 e. The van der Waals surface area contributed by atoms with Gasteiger partial charge in [0.2, 0.25) is 0 Å². The molecular formula is C13H15NO. The fourth-order valence-corrected chi connectivity index (χ4v) is 1.11. The van der Waals surface area contributed by atoms with Gasteiger partial charge in [0, 0.05) is 13.3 Å². The molecule has 2 nitrogen and oxygen atoms in total. The molecule has 0 aliphatic heterocycles. The number of nitrogens with zero attached hydrogens (tertiary/aromatic N) is 1. The molecular weight excluding hydrogens is 186 g/mol. The average molecular weight is 201 g/mol. The molecule has 0 heterocycles. The molecule has 0 saturated heterocycles. The van der Waals surface area contributed by atoms with Gasteiger partial charge in [-0.15, -0.1) is 0 Å². The van der Waals surface area contributed by atoms with Gasteiger partial charge in [0.1, 0.15) is 11.5 Å². The van der Waals surface area contributed by atoms with Crippen LogP contribution in [0.3, 0.4) is 0 Å². The van der Waals surface area contributed by atoms with Gasteiger partial charge in [0.05, 0.1) is 0 Å². The Bertz CT molecular complexity index is 391. The Morgan fingerprint density at radius 1 is 1.47 bits per heavy atom. The number of aryl methyl sites for hydroxylation is 1. The van der Waals surface area contributed by atoms with Crippen LogP contribution in [-0.4, -0.2) is 13.3 Å². The molecule has 0 bridgehead atoms. The molecule has 0 radical (unpaired) electrons. The molecule has 0 atom stereocenters. The summed E-state index contributed by atoms with van der Waals surface area (Å²) >= 11 is 0. The normalized spacial score (nSPS) is 11.7. The van der Waals surface area contributed by atoms with Gasteiger partial charge in [0.15, 0.2) is 0 Å². The third-order valence-corrected chi connectivity index (χ3v) is 1.81. The van der Waals surface area contributed by atoms with E-state index in [1.165, 1.54) is 5.56 Å². The van der Waals surface area contributed by atoms with E-state index in [9.17, 15) is 0 Å². The van der Waals surface area contributed by atoms with Crippen LogP contribution in [0, 0.1) is 6.92 Å². The molecule has 0 aliphatic rings. The van der Waals surface area contributed by atoms with E-state index in [1.807, 2.05) is 31.2 Å². The average Bonchev–Trinajstić information content (AvgIpc) is 2.24. The molecule has 0 spiro atoms. The second-order valence-corrected chi connectivity index (χ2v) is 3.10. The van der Waals surface area contributed by atoms with Crippen molar-refractivity contribution in [1.29, 1.82) is 0 Å². The van der Waals surface area contributed by atoms with Gasteiger partial charge in [-0.25, -0.2) is 0 Å². The zero-order valence-corrected chi connectivity index (χ0v) is 9.10.